The van der Waals surface area contributed by atoms with Gasteiger partial charge in [0.2, 0.25) is 5.88 Å². The summed E-state index contributed by atoms with van der Waals surface area (Å²) in [5, 5.41) is 0. The van der Waals surface area contributed by atoms with Crippen molar-refractivity contribution in [1.29, 1.82) is 0 Å². The Kier molecular flexibility index (Phi) is 3.33. The first kappa shape index (κ1) is 13.9. The van der Waals surface area contributed by atoms with E-state index in [0.717, 1.165) is 24.1 Å². The molecule has 0 atom stereocenters. The SMILES string of the molecule is COc1ccc2c(n1)CCc1ccc(S(C)(=O)=O)cc1O2. The lowest BCUT2D eigenvalue weighted by molar-refractivity contribution is 0.393. The van der Waals surface area contributed by atoms with Crippen LogP contribution in [0.2, 0.25) is 0 Å². The predicted octanol–water partition coefficient (Wildman–Crippen LogP) is 2.38. The first-order valence-corrected chi connectivity index (χ1v) is 8.41. The highest BCUT2D eigenvalue weighted by molar-refractivity contribution is 7.90. The average molecular weight is 305 g/mol. The summed E-state index contributed by atoms with van der Waals surface area (Å²) >= 11 is 0. The number of methoxy groups -OCH3 is 1. The quantitative estimate of drug-likeness (QED) is 0.852. The van der Waals surface area contributed by atoms with Gasteiger partial charge in [0.05, 0.1) is 17.7 Å². The number of benzene rings is 1. The van der Waals surface area contributed by atoms with Crippen LogP contribution in [-0.2, 0) is 22.7 Å². The summed E-state index contributed by atoms with van der Waals surface area (Å²) in [6.07, 6.45) is 2.65. The van der Waals surface area contributed by atoms with Crippen LogP contribution in [0.4, 0.5) is 0 Å². The second kappa shape index (κ2) is 5.04. The summed E-state index contributed by atoms with van der Waals surface area (Å²) in [6.45, 7) is 0. The highest BCUT2D eigenvalue weighted by Crippen LogP contribution is 2.35. The van der Waals surface area contributed by atoms with Gasteiger partial charge in [-0.1, -0.05) is 6.07 Å². The zero-order chi connectivity index (χ0) is 15.0. The molecule has 0 fully saturated rings. The van der Waals surface area contributed by atoms with Crippen molar-refractivity contribution < 1.29 is 17.9 Å². The minimum Gasteiger partial charge on any atom is -0.481 e. The third-order valence-electron chi connectivity index (χ3n) is 3.43. The van der Waals surface area contributed by atoms with Gasteiger partial charge in [-0.05, 0) is 36.6 Å². The molecule has 0 aliphatic carbocycles. The van der Waals surface area contributed by atoms with E-state index in [9.17, 15) is 8.42 Å². The van der Waals surface area contributed by atoms with E-state index in [0.29, 0.717) is 17.4 Å². The maximum absolute atomic E-state index is 11.6. The third-order valence-corrected chi connectivity index (χ3v) is 4.54. The average Bonchev–Trinajstić information content (AvgIpc) is 2.63. The molecule has 1 aliphatic rings. The van der Waals surface area contributed by atoms with Gasteiger partial charge in [0.15, 0.2) is 9.84 Å². The largest absolute Gasteiger partial charge is 0.481 e. The molecule has 1 aromatic carbocycles. The minimum atomic E-state index is -3.25. The predicted molar refractivity (Wildman–Crippen MR) is 77.8 cm³/mol. The minimum absolute atomic E-state index is 0.256. The Morgan fingerprint density at radius 3 is 2.67 bits per heavy atom. The molecular weight excluding hydrogens is 290 g/mol. The van der Waals surface area contributed by atoms with E-state index in [1.165, 1.54) is 6.26 Å². The molecule has 0 radical (unpaired) electrons. The molecular formula is C15H15NO4S. The molecule has 0 N–H and O–H groups in total. The smallest absolute Gasteiger partial charge is 0.213 e. The molecule has 110 valence electrons. The molecule has 2 aromatic rings. The van der Waals surface area contributed by atoms with Gasteiger partial charge < -0.3 is 9.47 Å². The summed E-state index contributed by atoms with van der Waals surface area (Å²) in [6, 6.07) is 8.51. The Hall–Kier alpha value is -2.08. The molecule has 0 saturated carbocycles. The number of aromatic nitrogens is 1. The second-order valence-corrected chi connectivity index (χ2v) is 6.96. The van der Waals surface area contributed by atoms with Crippen LogP contribution in [0, 0.1) is 0 Å². The van der Waals surface area contributed by atoms with Crippen LogP contribution in [0.5, 0.6) is 17.4 Å². The lowest BCUT2D eigenvalue weighted by Crippen LogP contribution is -1.98. The van der Waals surface area contributed by atoms with Crippen molar-refractivity contribution in [2.75, 3.05) is 13.4 Å². The van der Waals surface area contributed by atoms with Crippen LogP contribution < -0.4 is 9.47 Å². The Morgan fingerprint density at radius 1 is 1.14 bits per heavy atom. The first-order valence-electron chi connectivity index (χ1n) is 6.52. The van der Waals surface area contributed by atoms with E-state index in [2.05, 4.69) is 4.98 Å². The fourth-order valence-corrected chi connectivity index (χ4v) is 2.93. The topological polar surface area (TPSA) is 65.5 Å². The van der Waals surface area contributed by atoms with Gasteiger partial charge in [0, 0.05) is 12.3 Å². The maximum atomic E-state index is 11.6. The van der Waals surface area contributed by atoms with Gasteiger partial charge >= 0.3 is 0 Å². The van der Waals surface area contributed by atoms with Crippen molar-refractivity contribution in [2.45, 2.75) is 17.7 Å². The standard InChI is InChI=1S/C15H15NO4S/c1-19-15-8-7-13-12(16-15)6-4-10-3-5-11(21(2,17)18)9-14(10)20-13/h3,5,7-9H,4,6H2,1-2H3. The molecule has 5 nitrogen and oxygen atoms in total. The molecule has 6 heteroatoms. The number of aryl methyl sites for hydroxylation is 2. The van der Waals surface area contributed by atoms with Crippen LogP contribution in [0.15, 0.2) is 35.2 Å². The lowest BCUT2D eigenvalue weighted by atomic mass is 10.1. The normalized spacial score (nSPS) is 13.6. The summed E-state index contributed by atoms with van der Waals surface area (Å²) in [7, 11) is -1.68. The van der Waals surface area contributed by atoms with Crippen molar-refractivity contribution in [3.8, 4) is 17.4 Å². The number of fused-ring (bicyclic) bond motifs is 2. The second-order valence-electron chi connectivity index (χ2n) is 4.94. The number of pyridine rings is 1. The third kappa shape index (κ3) is 2.71. The van der Waals surface area contributed by atoms with Crippen LogP contribution >= 0.6 is 0 Å². The molecule has 2 heterocycles. The molecule has 3 rings (SSSR count). The first-order chi connectivity index (χ1) is 9.97. The van der Waals surface area contributed by atoms with E-state index in [-0.39, 0.29) is 4.90 Å². The van der Waals surface area contributed by atoms with Crippen LogP contribution in [0.3, 0.4) is 0 Å². The zero-order valence-electron chi connectivity index (χ0n) is 11.8. The molecule has 0 amide bonds. The molecule has 0 bridgehead atoms. The van der Waals surface area contributed by atoms with E-state index < -0.39 is 9.84 Å². The molecule has 1 aromatic heterocycles. The zero-order valence-corrected chi connectivity index (χ0v) is 12.6. The summed E-state index contributed by atoms with van der Waals surface area (Å²) in [5.74, 6) is 1.75. The molecule has 0 unspecified atom stereocenters. The summed E-state index contributed by atoms with van der Waals surface area (Å²) < 4.78 is 34.3. The Labute approximate surface area is 123 Å². The van der Waals surface area contributed by atoms with Crippen molar-refractivity contribution in [1.82, 2.24) is 4.98 Å². The molecule has 1 aliphatic heterocycles. The number of hydrogen-bond acceptors (Lipinski definition) is 5. The van der Waals surface area contributed by atoms with Gasteiger partial charge in [-0.15, -0.1) is 0 Å². The van der Waals surface area contributed by atoms with E-state index in [1.54, 1.807) is 37.4 Å². The van der Waals surface area contributed by atoms with E-state index in [4.69, 9.17) is 9.47 Å². The van der Waals surface area contributed by atoms with Crippen LogP contribution in [0.25, 0.3) is 0 Å². The Morgan fingerprint density at radius 2 is 1.95 bits per heavy atom. The number of hydrogen-bond donors (Lipinski definition) is 0. The van der Waals surface area contributed by atoms with Gasteiger partial charge in [0.1, 0.15) is 11.5 Å². The monoisotopic (exact) mass is 305 g/mol. The summed E-state index contributed by atoms with van der Waals surface area (Å²) in [4.78, 5) is 4.64. The van der Waals surface area contributed by atoms with Crippen molar-refractivity contribution in [2.24, 2.45) is 0 Å². The van der Waals surface area contributed by atoms with Gasteiger partial charge in [-0.2, -0.15) is 0 Å². The number of nitrogens with zero attached hydrogens (tertiary/aromatic N) is 1. The number of ether oxygens (including phenoxy) is 2. The van der Waals surface area contributed by atoms with Gasteiger partial charge in [-0.3, -0.25) is 0 Å². The highest BCUT2D eigenvalue weighted by atomic mass is 32.2. The maximum Gasteiger partial charge on any atom is 0.213 e. The molecule has 0 spiro atoms. The number of rotatable bonds is 2. The summed E-state index contributed by atoms with van der Waals surface area (Å²) in [5.41, 5.74) is 1.78. The van der Waals surface area contributed by atoms with Crippen molar-refractivity contribution in [3.05, 3.63) is 41.6 Å². The molecule has 21 heavy (non-hydrogen) atoms. The highest BCUT2D eigenvalue weighted by Gasteiger charge is 2.19. The Balaban J connectivity index is 2.05. The fourth-order valence-electron chi connectivity index (χ4n) is 2.29. The molecule has 0 saturated heterocycles. The van der Waals surface area contributed by atoms with Gasteiger partial charge in [-0.25, -0.2) is 13.4 Å². The van der Waals surface area contributed by atoms with Gasteiger partial charge in [0.25, 0.3) is 0 Å². The van der Waals surface area contributed by atoms with Crippen molar-refractivity contribution >= 4 is 9.84 Å². The van der Waals surface area contributed by atoms with Crippen LogP contribution in [-0.4, -0.2) is 26.8 Å². The number of sulfone groups is 1. The van der Waals surface area contributed by atoms with E-state index in [1.807, 2.05) is 0 Å². The lowest BCUT2D eigenvalue weighted by Gasteiger charge is -2.10. The van der Waals surface area contributed by atoms with Crippen molar-refractivity contribution in [3.63, 3.8) is 0 Å². The van der Waals surface area contributed by atoms with E-state index >= 15 is 0 Å². The van der Waals surface area contributed by atoms with Crippen LogP contribution in [0.1, 0.15) is 11.3 Å². The Bertz CT molecular complexity index is 799. The fraction of sp³-hybridized carbons (Fsp3) is 0.267.